The van der Waals surface area contributed by atoms with E-state index in [4.69, 9.17) is 9.47 Å². The lowest BCUT2D eigenvalue weighted by molar-refractivity contribution is -0.115. The maximum atomic E-state index is 12.8. The zero-order valence-electron chi connectivity index (χ0n) is 18.8. The van der Waals surface area contributed by atoms with Crippen molar-refractivity contribution in [3.05, 3.63) is 77.9 Å². The number of anilines is 2. The quantitative estimate of drug-likeness (QED) is 0.378. The molecule has 0 aliphatic heterocycles. The van der Waals surface area contributed by atoms with Crippen molar-refractivity contribution in [2.75, 3.05) is 24.9 Å². The van der Waals surface area contributed by atoms with Gasteiger partial charge >= 0.3 is 5.97 Å². The lowest BCUT2D eigenvalue weighted by Crippen LogP contribution is -2.22. The number of hydrogen-bond acceptors (Lipinski definition) is 6. The van der Waals surface area contributed by atoms with E-state index in [2.05, 4.69) is 10.6 Å². The molecule has 0 saturated carbocycles. The molecular formula is C25H24N2O6S. The molecule has 34 heavy (non-hydrogen) atoms. The minimum Gasteiger partial charge on any atom is -0.497 e. The van der Waals surface area contributed by atoms with Gasteiger partial charge in [-0.1, -0.05) is 18.2 Å². The highest BCUT2D eigenvalue weighted by Crippen LogP contribution is 2.31. The summed E-state index contributed by atoms with van der Waals surface area (Å²) in [6.45, 7) is 1.76. The van der Waals surface area contributed by atoms with Crippen LogP contribution in [-0.2, 0) is 4.79 Å². The van der Waals surface area contributed by atoms with E-state index in [1.807, 2.05) is 6.07 Å². The van der Waals surface area contributed by atoms with Crippen molar-refractivity contribution in [2.45, 2.75) is 17.1 Å². The van der Waals surface area contributed by atoms with Crippen LogP contribution in [0.15, 0.2) is 71.6 Å². The van der Waals surface area contributed by atoms with Crippen LogP contribution in [0.1, 0.15) is 27.6 Å². The number of carboxylic acids is 1. The number of benzene rings is 3. The SMILES string of the molecule is COc1ccc(OC)c(NC(=O)C(C)Sc2cccc(NC(=O)c3ccccc3C(=O)O)c2)c1. The second-order valence-corrected chi connectivity index (χ2v) is 8.56. The predicted octanol–water partition coefficient (Wildman–Crippen LogP) is 4.77. The molecule has 0 spiro atoms. The maximum Gasteiger partial charge on any atom is 0.336 e. The monoisotopic (exact) mass is 480 g/mol. The van der Waals surface area contributed by atoms with Crippen molar-refractivity contribution >= 4 is 40.9 Å². The van der Waals surface area contributed by atoms with Crippen LogP contribution in [0.25, 0.3) is 0 Å². The average Bonchev–Trinajstić information content (AvgIpc) is 2.84. The van der Waals surface area contributed by atoms with E-state index in [9.17, 15) is 19.5 Å². The fourth-order valence-corrected chi connectivity index (χ4v) is 4.04. The molecule has 9 heteroatoms. The van der Waals surface area contributed by atoms with Gasteiger partial charge in [0.2, 0.25) is 5.91 Å². The summed E-state index contributed by atoms with van der Waals surface area (Å²) in [5, 5.41) is 14.4. The highest BCUT2D eigenvalue weighted by molar-refractivity contribution is 8.00. The number of methoxy groups -OCH3 is 2. The number of amides is 2. The van der Waals surface area contributed by atoms with Gasteiger partial charge < -0.3 is 25.2 Å². The Morgan fingerprint density at radius 1 is 0.882 bits per heavy atom. The van der Waals surface area contributed by atoms with Crippen molar-refractivity contribution in [3.8, 4) is 11.5 Å². The summed E-state index contributed by atoms with van der Waals surface area (Å²) in [6.07, 6.45) is 0. The number of rotatable bonds is 9. The average molecular weight is 481 g/mol. The van der Waals surface area contributed by atoms with Gasteiger partial charge in [-0.2, -0.15) is 0 Å². The predicted molar refractivity (Wildman–Crippen MR) is 131 cm³/mol. The minimum atomic E-state index is -1.18. The third-order valence-corrected chi connectivity index (χ3v) is 5.93. The zero-order chi connectivity index (χ0) is 24.7. The van der Waals surface area contributed by atoms with Gasteiger partial charge in [-0.05, 0) is 49.4 Å². The second kappa shape index (κ2) is 11.2. The second-order valence-electron chi connectivity index (χ2n) is 7.15. The van der Waals surface area contributed by atoms with E-state index in [0.717, 1.165) is 4.90 Å². The molecule has 0 radical (unpaired) electrons. The zero-order valence-corrected chi connectivity index (χ0v) is 19.6. The molecule has 3 aromatic rings. The Hall–Kier alpha value is -3.98. The molecule has 1 atom stereocenters. The van der Waals surface area contributed by atoms with Crippen molar-refractivity contribution < 1.29 is 29.0 Å². The topological polar surface area (TPSA) is 114 Å². The Morgan fingerprint density at radius 2 is 1.62 bits per heavy atom. The Bertz CT molecular complexity index is 1210. The van der Waals surface area contributed by atoms with Gasteiger partial charge in [-0.25, -0.2) is 4.79 Å². The third-order valence-electron chi connectivity index (χ3n) is 4.84. The molecule has 0 fully saturated rings. The van der Waals surface area contributed by atoms with E-state index >= 15 is 0 Å². The van der Waals surface area contributed by atoms with E-state index < -0.39 is 17.1 Å². The van der Waals surface area contributed by atoms with Gasteiger partial charge in [0.1, 0.15) is 11.5 Å². The molecule has 8 nitrogen and oxygen atoms in total. The number of nitrogens with one attached hydrogen (secondary N) is 2. The van der Waals surface area contributed by atoms with Crippen LogP contribution in [0.4, 0.5) is 11.4 Å². The molecule has 2 amide bonds. The fraction of sp³-hybridized carbons (Fsp3) is 0.160. The molecular weight excluding hydrogens is 456 g/mol. The number of aromatic carboxylic acids is 1. The first kappa shape index (κ1) is 24.7. The van der Waals surface area contributed by atoms with E-state index in [0.29, 0.717) is 22.9 Å². The van der Waals surface area contributed by atoms with Gasteiger partial charge in [-0.3, -0.25) is 9.59 Å². The fourth-order valence-electron chi connectivity index (χ4n) is 3.12. The van der Waals surface area contributed by atoms with Gasteiger partial charge in [0.25, 0.3) is 5.91 Å². The Kier molecular flexibility index (Phi) is 8.15. The van der Waals surface area contributed by atoms with E-state index in [-0.39, 0.29) is 17.0 Å². The molecule has 0 bridgehead atoms. The molecule has 3 rings (SSSR count). The van der Waals surface area contributed by atoms with Gasteiger partial charge in [0, 0.05) is 16.6 Å². The number of hydrogen-bond donors (Lipinski definition) is 3. The van der Waals surface area contributed by atoms with Crippen LogP contribution < -0.4 is 20.1 Å². The number of thioether (sulfide) groups is 1. The molecule has 1 unspecified atom stereocenters. The molecule has 0 saturated heterocycles. The van der Waals surface area contributed by atoms with Crippen molar-refractivity contribution in [1.29, 1.82) is 0 Å². The highest BCUT2D eigenvalue weighted by atomic mass is 32.2. The molecule has 3 aromatic carbocycles. The highest BCUT2D eigenvalue weighted by Gasteiger charge is 2.19. The lowest BCUT2D eigenvalue weighted by atomic mass is 10.1. The number of carbonyl (C=O) groups excluding carboxylic acids is 2. The molecule has 0 aromatic heterocycles. The smallest absolute Gasteiger partial charge is 0.336 e. The molecule has 0 heterocycles. The summed E-state index contributed by atoms with van der Waals surface area (Å²) < 4.78 is 10.5. The summed E-state index contributed by atoms with van der Waals surface area (Å²) in [4.78, 5) is 37.6. The van der Waals surface area contributed by atoms with Crippen LogP contribution in [-0.4, -0.2) is 42.4 Å². The minimum absolute atomic E-state index is 0.0630. The van der Waals surface area contributed by atoms with Crippen LogP contribution in [0.5, 0.6) is 11.5 Å². The van der Waals surface area contributed by atoms with Crippen LogP contribution in [0, 0.1) is 0 Å². The molecule has 0 aliphatic carbocycles. The maximum absolute atomic E-state index is 12.8. The van der Waals surface area contributed by atoms with Gasteiger partial charge in [0.05, 0.1) is 36.3 Å². The summed E-state index contributed by atoms with van der Waals surface area (Å²) in [7, 11) is 3.06. The largest absolute Gasteiger partial charge is 0.497 e. The normalized spacial score (nSPS) is 11.3. The summed E-state index contributed by atoms with van der Waals surface area (Å²) >= 11 is 1.31. The molecule has 176 valence electrons. The van der Waals surface area contributed by atoms with E-state index in [1.54, 1.807) is 55.5 Å². The summed E-state index contributed by atoms with van der Waals surface area (Å²) in [5.74, 6) is -0.845. The third kappa shape index (κ3) is 6.08. The summed E-state index contributed by atoms with van der Waals surface area (Å²) in [6, 6.07) is 18.1. The number of carboxylic acid groups (broad SMARTS) is 1. The van der Waals surface area contributed by atoms with Crippen LogP contribution in [0.2, 0.25) is 0 Å². The van der Waals surface area contributed by atoms with Crippen LogP contribution in [0.3, 0.4) is 0 Å². The van der Waals surface area contributed by atoms with E-state index in [1.165, 1.54) is 38.1 Å². The number of ether oxygens (including phenoxy) is 2. The van der Waals surface area contributed by atoms with Crippen molar-refractivity contribution in [1.82, 2.24) is 0 Å². The standard InChI is InChI=1S/C25H24N2O6S/c1-15(23(28)27-21-14-17(32-2)11-12-22(21)33-3)34-18-8-6-7-16(13-18)26-24(29)19-9-4-5-10-20(19)25(30)31/h4-15H,1-3H3,(H,26,29)(H,27,28)(H,30,31). The first-order valence-corrected chi connectivity index (χ1v) is 11.1. The van der Waals surface area contributed by atoms with Crippen molar-refractivity contribution in [2.24, 2.45) is 0 Å². The molecule has 3 N–H and O–H groups in total. The molecule has 0 aliphatic rings. The Labute approximate surface area is 201 Å². The van der Waals surface area contributed by atoms with Gasteiger partial charge in [-0.15, -0.1) is 11.8 Å². The summed E-state index contributed by atoms with van der Waals surface area (Å²) in [5.41, 5.74) is 0.964. The Morgan fingerprint density at radius 3 is 2.29 bits per heavy atom. The van der Waals surface area contributed by atoms with Crippen molar-refractivity contribution in [3.63, 3.8) is 0 Å². The van der Waals surface area contributed by atoms with Gasteiger partial charge in [0.15, 0.2) is 0 Å². The lowest BCUT2D eigenvalue weighted by Gasteiger charge is -2.15. The first-order valence-electron chi connectivity index (χ1n) is 10.3. The first-order chi connectivity index (χ1) is 16.3. The Balaban J connectivity index is 1.69. The number of carbonyl (C=O) groups is 3. The van der Waals surface area contributed by atoms with Crippen LogP contribution >= 0.6 is 11.8 Å².